The van der Waals surface area contributed by atoms with Crippen molar-refractivity contribution in [2.45, 2.75) is 19.8 Å². The predicted octanol–water partition coefficient (Wildman–Crippen LogP) is 5.85. The number of carbonyl (C=O) groups excluding carboxylic acids is 1. The van der Waals surface area contributed by atoms with Crippen LogP contribution in [0.2, 0.25) is 10.0 Å². The lowest BCUT2D eigenvalue weighted by Crippen LogP contribution is -2.23. The molecular weight excluding hydrogens is 343 g/mol. The number of ether oxygens (including phenoxy) is 1. The van der Waals surface area contributed by atoms with E-state index in [9.17, 15) is 4.79 Å². The third-order valence-corrected chi connectivity index (χ3v) is 5.36. The molecule has 2 nitrogen and oxygen atoms in total. The summed E-state index contributed by atoms with van der Waals surface area (Å²) in [6.07, 6.45) is 5.36. The Bertz CT molecular complexity index is 812. The highest BCUT2D eigenvalue weighted by Gasteiger charge is 2.43. The number of allylic oxidation sites excluding steroid dienone is 1. The summed E-state index contributed by atoms with van der Waals surface area (Å²) in [4.78, 5) is 12.9. The van der Waals surface area contributed by atoms with Crippen LogP contribution in [0.4, 0.5) is 0 Å². The molecule has 1 unspecified atom stereocenters. The van der Waals surface area contributed by atoms with Gasteiger partial charge in [0.25, 0.3) is 0 Å². The Kier molecular flexibility index (Phi) is 4.71. The molecule has 2 aromatic rings. The van der Waals surface area contributed by atoms with Crippen LogP contribution < -0.4 is 4.74 Å². The van der Waals surface area contributed by atoms with Crippen molar-refractivity contribution in [3.8, 4) is 5.75 Å². The Labute approximate surface area is 152 Å². The second kappa shape index (κ2) is 6.62. The molecule has 0 N–H and O–H groups in total. The first-order valence-corrected chi connectivity index (χ1v) is 8.53. The lowest BCUT2D eigenvalue weighted by molar-refractivity contribution is 0.0845. The molecule has 124 valence electrons. The van der Waals surface area contributed by atoms with Crippen molar-refractivity contribution in [3.05, 3.63) is 69.2 Å². The summed E-state index contributed by atoms with van der Waals surface area (Å²) in [6, 6.07) is 11.9. The van der Waals surface area contributed by atoms with Gasteiger partial charge in [-0.25, -0.2) is 0 Å². The van der Waals surface area contributed by atoms with Gasteiger partial charge in [0.05, 0.1) is 12.1 Å². The molecule has 0 saturated heterocycles. The van der Waals surface area contributed by atoms with Crippen molar-refractivity contribution < 1.29 is 9.53 Å². The van der Waals surface area contributed by atoms with E-state index < -0.39 is 5.41 Å². The molecule has 0 bridgehead atoms. The van der Waals surface area contributed by atoms with E-state index in [1.807, 2.05) is 55.5 Å². The Hall–Kier alpha value is -1.77. The summed E-state index contributed by atoms with van der Waals surface area (Å²) in [5, 5.41) is 0.599. The van der Waals surface area contributed by atoms with Crippen LogP contribution in [0.3, 0.4) is 0 Å². The molecule has 0 fully saturated rings. The van der Waals surface area contributed by atoms with Gasteiger partial charge < -0.3 is 4.74 Å². The van der Waals surface area contributed by atoms with Gasteiger partial charge in [0, 0.05) is 11.0 Å². The molecule has 1 aliphatic rings. The van der Waals surface area contributed by atoms with Crippen LogP contribution >= 0.6 is 23.2 Å². The molecule has 1 aliphatic carbocycles. The third kappa shape index (κ3) is 2.97. The fraction of sp³-hybridized carbons (Fsp3) is 0.250. The maximum absolute atomic E-state index is 12.9. The van der Waals surface area contributed by atoms with Crippen LogP contribution in [0.15, 0.2) is 42.5 Å². The van der Waals surface area contributed by atoms with Crippen molar-refractivity contribution >= 4 is 35.1 Å². The van der Waals surface area contributed by atoms with E-state index in [0.717, 1.165) is 11.1 Å². The van der Waals surface area contributed by atoms with Crippen LogP contribution in [0.1, 0.15) is 34.8 Å². The number of carbonyl (C=O) groups is 1. The summed E-state index contributed by atoms with van der Waals surface area (Å²) < 4.78 is 5.25. The van der Waals surface area contributed by atoms with E-state index >= 15 is 0 Å². The van der Waals surface area contributed by atoms with Gasteiger partial charge in [0.1, 0.15) is 10.8 Å². The van der Waals surface area contributed by atoms with Gasteiger partial charge in [0.2, 0.25) is 0 Å². The van der Waals surface area contributed by atoms with Gasteiger partial charge in [-0.3, -0.25) is 4.79 Å². The molecule has 0 aromatic heterocycles. The molecule has 3 rings (SSSR count). The van der Waals surface area contributed by atoms with Crippen molar-refractivity contribution in [3.63, 3.8) is 0 Å². The van der Waals surface area contributed by atoms with E-state index in [2.05, 4.69) is 0 Å². The molecule has 24 heavy (non-hydrogen) atoms. The number of ketones is 1. The number of hydrogen-bond acceptors (Lipinski definition) is 2. The predicted molar refractivity (Wildman–Crippen MR) is 99.2 cm³/mol. The summed E-state index contributed by atoms with van der Waals surface area (Å²) >= 11 is 12.5. The Morgan fingerprint density at radius 1 is 1.21 bits per heavy atom. The molecule has 0 spiro atoms. The van der Waals surface area contributed by atoms with E-state index in [1.165, 1.54) is 0 Å². The van der Waals surface area contributed by atoms with E-state index in [4.69, 9.17) is 27.9 Å². The zero-order valence-corrected chi connectivity index (χ0v) is 15.1. The molecule has 0 saturated carbocycles. The number of rotatable bonds is 4. The lowest BCUT2D eigenvalue weighted by atomic mass is 9.82. The standard InChI is InChI=1S/C20H18Cl2O2/c1-20(10-6-9-13-7-4-3-5-8-13)12-14-11-15(24-2)17(21)18(22)16(14)19(20)23/h3-9,11H,10,12H2,1-2H3. The van der Waals surface area contributed by atoms with Gasteiger partial charge in [-0.2, -0.15) is 0 Å². The first-order chi connectivity index (χ1) is 11.5. The normalized spacial score (nSPS) is 19.8. The Balaban J connectivity index is 1.87. The lowest BCUT2D eigenvalue weighted by Gasteiger charge is -2.19. The fourth-order valence-corrected chi connectivity index (χ4v) is 3.70. The fourth-order valence-electron chi connectivity index (χ4n) is 3.17. The minimum Gasteiger partial charge on any atom is -0.495 e. The summed E-state index contributed by atoms with van der Waals surface area (Å²) in [5.74, 6) is 0.557. The Morgan fingerprint density at radius 2 is 1.92 bits per heavy atom. The van der Waals surface area contributed by atoms with Crippen molar-refractivity contribution in [1.82, 2.24) is 0 Å². The molecule has 1 atom stereocenters. The highest BCUT2D eigenvalue weighted by atomic mass is 35.5. The second-order valence-electron chi connectivity index (χ2n) is 6.32. The topological polar surface area (TPSA) is 26.3 Å². The number of hydrogen-bond donors (Lipinski definition) is 0. The van der Waals surface area contributed by atoms with Crippen LogP contribution in [0.5, 0.6) is 5.75 Å². The second-order valence-corrected chi connectivity index (χ2v) is 7.08. The number of fused-ring (bicyclic) bond motifs is 1. The summed E-state index contributed by atoms with van der Waals surface area (Å²) in [7, 11) is 1.54. The first kappa shape index (κ1) is 17.1. The number of halogens is 2. The maximum atomic E-state index is 12.9. The molecule has 2 aromatic carbocycles. The monoisotopic (exact) mass is 360 g/mol. The number of methoxy groups -OCH3 is 1. The van der Waals surface area contributed by atoms with Gasteiger partial charge in [0.15, 0.2) is 5.78 Å². The maximum Gasteiger partial charge on any atom is 0.171 e. The third-order valence-electron chi connectivity index (χ3n) is 4.51. The van der Waals surface area contributed by atoms with E-state index in [0.29, 0.717) is 34.2 Å². The average molecular weight is 361 g/mol. The summed E-state index contributed by atoms with van der Waals surface area (Å²) in [5.41, 5.74) is 2.05. The van der Waals surface area contributed by atoms with Crippen molar-refractivity contribution in [2.75, 3.05) is 7.11 Å². The molecule has 0 aliphatic heterocycles. The number of benzene rings is 2. The highest BCUT2D eigenvalue weighted by molar-refractivity contribution is 6.45. The minimum atomic E-state index is -0.507. The molecule has 4 heteroatoms. The molecular formula is C20H18Cl2O2. The number of Topliss-reactive ketones (excluding diaryl/α,β-unsaturated/α-hetero) is 1. The van der Waals surface area contributed by atoms with E-state index in [-0.39, 0.29) is 5.78 Å². The van der Waals surface area contributed by atoms with Gasteiger partial charge >= 0.3 is 0 Å². The molecule has 0 amide bonds. The largest absolute Gasteiger partial charge is 0.495 e. The summed E-state index contributed by atoms with van der Waals surface area (Å²) in [6.45, 7) is 1.97. The smallest absolute Gasteiger partial charge is 0.171 e. The van der Waals surface area contributed by atoms with E-state index in [1.54, 1.807) is 7.11 Å². The van der Waals surface area contributed by atoms with Crippen molar-refractivity contribution in [1.29, 1.82) is 0 Å². The average Bonchev–Trinajstić information content (AvgIpc) is 2.83. The molecule has 0 radical (unpaired) electrons. The quantitative estimate of drug-likeness (QED) is 0.683. The van der Waals surface area contributed by atoms with Crippen molar-refractivity contribution in [2.24, 2.45) is 5.41 Å². The SMILES string of the molecule is COc1cc2c(c(Cl)c1Cl)C(=O)C(C)(CC=Cc1ccccc1)C2. The van der Waals surface area contributed by atoms with Gasteiger partial charge in [-0.15, -0.1) is 0 Å². The zero-order chi connectivity index (χ0) is 17.3. The van der Waals surface area contributed by atoms with Crippen LogP contribution in [-0.2, 0) is 6.42 Å². The minimum absolute atomic E-state index is 0.0461. The first-order valence-electron chi connectivity index (χ1n) is 7.77. The zero-order valence-electron chi connectivity index (χ0n) is 13.6. The molecule has 0 heterocycles. The van der Waals surface area contributed by atoms with Crippen LogP contribution in [0, 0.1) is 5.41 Å². The highest BCUT2D eigenvalue weighted by Crippen LogP contribution is 2.47. The Morgan fingerprint density at radius 3 is 2.58 bits per heavy atom. The van der Waals surface area contributed by atoms with Crippen LogP contribution in [-0.4, -0.2) is 12.9 Å². The van der Waals surface area contributed by atoms with Gasteiger partial charge in [-0.05, 0) is 30.0 Å². The van der Waals surface area contributed by atoms with Crippen LogP contribution in [0.25, 0.3) is 6.08 Å². The van der Waals surface area contributed by atoms with Gasteiger partial charge in [-0.1, -0.05) is 72.6 Å².